The lowest BCUT2D eigenvalue weighted by atomic mass is 9.65. The van der Waals surface area contributed by atoms with Gasteiger partial charge in [0.05, 0.1) is 6.10 Å². The van der Waals surface area contributed by atoms with Crippen molar-refractivity contribution in [2.75, 3.05) is 7.11 Å². The minimum absolute atomic E-state index is 0.571. The molecule has 3 aliphatic carbocycles. The van der Waals surface area contributed by atoms with Gasteiger partial charge in [0, 0.05) is 7.11 Å². The lowest BCUT2D eigenvalue weighted by Gasteiger charge is -2.41. The average molecular weight is 307 g/mol. The van der Waals surface area contributed by atoms with E-state index >= 15 is 0 Å². The molecule has 22 heavy (non-hydrogen) atoms. The van der Waals surface area contributed by atoms with E-state index in [1.54, 1.807) is 38.5 Å². The fourth-order valence-corrected chi connectivity index (χ4v) is 5.95. The monoisotopic (exact) mass is 306 g/mol. The van der Waals surface area contributed by atoms with Gasteiger partial charge in [0.25, 0.3) is 0 Å². The van der Waals surface area contributed by atoms with E-state index in [1.165, 1.54) is 44.9 Å². The highest BCUT2D eigenvalue weighted by molar-refractivity contribution is 4.85. The topological polar surface area (TPSA) is 9.23 Å². The predicted molar refractivity (Wildman–Crippen MR) is 93.9 cm³/mol. The number of hydrogen-bond donors (Lipinski definition) is 0. The first-order chi connectivity index (χ1) is 10.8. The fourth-order valence-electron chi connectivity index (χ4n) is 5.95. The Morgan fingerprint density at radius 3 is 1.32 bits per heavy atom. The molecule has 0 saturated heterocycles. The van der Waals surface area contributed by atoms with Gasteiger partial charge in [-0.2, -0.15) is 0 Å². The number of rotatable bonds is 4. The third kappa shape index (κ3) is 4.08. The molecule has 0 aromatic carbocycles. The van der Waals surface area contributed by atoms with Gasteiger partial charge in [-0.25, -0.2) is 0 Å². The molecule has 3 aliphatic rings. The molecule has 0 radical (unpaired) electrons. The summed E-state index contributed by atoms with van der Waals surface area (Å²) >= 11 is 0. The fraction of sp³-hybridized carbons (Fsp3) is 1.00. The van der Waals surface area contributed by atoms with Crippen LogP contribution in [0.2, 0.25) is 0 Å². The zero-order chi connectivity index (χ0) is 15.4. The van der Waals surface area contributed by atoms with Crippen LogP contribution in [-0.4, -0.2) is 13.2 Å². The average Bonchev–Trinajstić information content (AvgIpc) is 2.62. The highest BCUT2D eigenvalue weighted by atomic mass is 16.5. The largest absolute Gasteiger partial charge is 0.381 e. The summed E-state index contributed by atoms with van der Waals surface area (Å²) in [5.74, 6) is 5.32. The van der Waals surface area contributed by atoms with E-state index in [0.717, 1.165) is 29.6 Å². The lowest BCUT2D eigenvalue weighted by molar-refractivity contribution is 0.0356. The molecule has 0 atom stereocenters. The summed E-state index contributed by atoms with van der Waals surface area (Å²) in [6.45, 7) is 2.38. The van der Waals surface area contributed by atoms with Crippen molar-refractivity contribution in [2.45, 2.75) is 96.5 Å². The van der Waals surface area contributed by atoms with Gasteiger partial charge < -0.3 is 4.74 Å². The highest BCUT2D eigenvalue weighted by Gasteiger charge is 2.34. The third-order valence-corrected chi connectivity index (χ3v) is 7.67. The first-order valence-corrected chi connectivity index (χ1v) is 10.3. The number of ether oxygens (including phenoxy) is 1. The smallest absolute Gasteiger partial charge is 0.0571 e. The second kappa shape index (κ2) is 8.18. The van der Waals surface area contributed by atoms with Crippen LogP contribution in [-0.2, 0) is 4.74 Å². The van der Waals surface area contributed by atoms with Crippen molar-refractivity contribution >= 4 is 0 Å². The summed E-state index contributed by atoms with van der Waals surface area (Å²) in [6.07, 6.45) is 19.9. The van der Waals surface area contributed by atoms with E-state index in [-0.39, 0.29) is 0 Å². The molecule has 0 N–H and O–H groups in total. The lowest BCUT2D eigenvalue weighted by Crippen LogP contribution is -2.30. The number of hydrogen-bond acceptors (Lipinski definition) is 1. The molecule has 0 aromatic rings. The molecular formula is C21H38O. The van der Waals surface area contributed by atoms with Gasteiger partial charge >= 0.3 is 0 Å². The Balaban J connectivity index is 1.39. The minimum atomic E-state index is 0.571. The maximum Gasteiger partial charge on any atom is 0.0571 e. The quantitative estimate of drug-likeness (QED) is 0.599. The zero-order valence-corrected chi connectivity index (χ0v) is 15.1. The van der Waals surface area contributed by atoms with Crippen LogP contribution < -0.4 is 0 Å². The number of methoxy groups -OCH3 is 1. The standard InChI is InChI=1S/C21H38O/c1-3-16-4-6-17(7-5-16)18-8-10-19(11-9-18)20-12-14-21(22-2)15-13-20/h16-21H,3-15H2,1-2H3. The van der Waals surface area contributed by atoms with Gasteiger partial charge in [0.1, 0.15) is 0 Å². The van der Waals surface area contributed by atoms with Crippen LogP contribution in [0.15, 0.2) is 0 Å². The molecule has 1 heteroatoms. The second-order valence-corrected chi connectivity index (χ2v) is 8.64. The van der Waals surface area contributed by atoms with E-state index in [2.05, 4.69) is 6.92 Å². The Morgan fingerprint density at radius 1 is 0.591 bits per heavy atom. The second-order valence-electron chi connectivity index (χ2n) is 8.64. The van der Waals surface area contributed by atoms with Crippen molar-refractivity contribution in [1.29, 1.82) is 0 Å². The Kier molecular flexibility index (Phi) is 6.24. The van der Waals surface area contributed by atoms with E-state index in [9.17, 15) is 0 Å². The first-order valence-electron chi connectivity index (χ1n) is 10.3. The molecule has 0 spiro atoms. The molecule has 3 saturated carbocycles. The molecule has 128 valence electrons. The summed E-state index contributed by atoms with van der Waals surface area (Å²) in [4.78, 5) is 0. The molecule has 0 aliphatic heterocycles. The van der Waals surface area contributed by atoms with Crippen LogP contribution in [0.4, 0.5) is 0 Å². The Labute approximate surface area is 138 Å². The van der Waals surface area contributed by atoms with Crippen molar-refractivity contribution in [1.82, 2.24) is 0 Å². The van der Waals surface area contributed by atoms with Crippen molar-refractivity contribution in [3.8, 4) is 0 Å². The van der Waals surface area contributed by atoms with Crippen LogP contribution in [0, 0.1) is 29.6 Å². The van der Waals surface area contributed by atoms with Crippen LogP contribution in [0.3, 0.4) is 0 Å². The van der Waals surface area contributed by atoms with Crippen LogP contribution in [0.1, 0.15) is 90.4 Å². The normalized spacial score (nSPS) is 43.9. The van der Waals surface area contributed by atoms with E-state index in [0.29, 0.717) is 6.10 Å². The summed E-state index contributed by atoms with van der Waals surface area (Å²) in [7, 11) is 1.89. The Bertz CT molecular complexity index is 270. The first kappa shape index (κ1) is 16.8. The molecule has 3 rings (SSSR count). The molecule has 1 nitrogen and oxygen atoms in total. The van der Waals surface area contributed by atoms with E-state index < -0.39 is 0 Å². The van der Waals surface area contributed by atoms with Crippen molar-refractivity contribution in [2.24, 2.45) is 29.6 Å². The summed E-state index contributed by atoms with van der Waals surface area (Å²) < 4.78 is 5.54. The van der Waals surface area contributed by atoms with Gasteiger partial charge in [-0.1, -0.05) is 26.2 Å². The summed E-state index contributed by atoms with van der Waals surface area (Å²) in [5, 5.41) is 0. The van der Waals surface area contributed by atoms with Crippen molar-refractivity contribution in [3.05, 3.63) is 0 Å². The van der Waals surface area contributed by atoms with Gasteiger partial charge in [0.2, 0.25) is 0 Å². The van der Waals surface area contributed by atoms with Gasteiger partial charge in [-0.15, -0.1) is 0 Å². The van der Waals surface area contributed by atoms with Gasteiger partial charge in [-0.3, -0.25) is 0 Å². The van der Waals surface area contributed by atoms with Crippen LogP contribution in [0.25, 0.3) is 0 Å². The predicted octanol–water partition coefficient (Wildman–Crippen LogP) is 6.21. The third-order valence-electron chi connectivity index (χ3n) is 7.67. The molecule has 0 aromatic heterocycles. The minimum Gasteiger partial charge on any atom is -0.381 e. The maximum absolute atomic E-state index is 5.54. The highest BCUT2D eigenvalue weighted by Crippen LogP contribution is 2.45. The molecule has 0 bridgehead atoms. The zero-order valence-electron chi connectivity index (χ0n) is 15.1. The van der Waals surface area contributed by atoms with E-state index in [1.807, 2.05) is 7.11 Å². The molecule has 0 heterocycles. The van der Waals surface area contributed by atoms with Crippen LogP contribution in [0.5, 0.6) is 0 Å². The molecule has 0 amide bonds. The molecule has 0 unspecified atom stereocenters. The van der Waals surface area contributed by atoms with Crippen molar-refractivity contribution < 1.29 is 4.74 Å². The van der Waals surface area contributed by atoms with Gasteiger partial charge in [-0.05, 0) is 93.8 Å². The Morgan fingerprint density at radius 2 is 0.955 bits per heavy atom. The van der Waals surface area contributed by atoms with Gasteiger partial charge in [0.15, 0.2) is 0 Å². The summed E-state index contributed by atoms with van der Waals surface area (Å²) in [6, 6.07) is 0. The Hall–Kier alpha value is -0.0400. The van der Waals surface area contributed by atoms with E-state index in [4.69, 9.17) is 4.74 Å². The van der Waals surface area contributed by atoms with Crippen LogP contribution >= 0.6 is 0 Å². The van der Waals surface area contributed by atoms with Crippen molar-refractivity contribution in [3.63, 3.8) is 0 Å². The molecule has 3 fully saturated rings. The maximum atomic E-state index is 5.54. The molecular weight excluding hydrogens is 268 g/mol. The SMILES string of the molecule is CCC1CCC(C2CCC(C3CCC(OC)CC3)CC2)CC1. The summed E-state index contributed by atoms with van der Waals surface area (Å²) in [5.41, 5.74) is 0.